The maximum atomic E-state index is 9.54. The zero-order valence-corrected chi connectivity index (χ0v) is 9.59. The van der Waals surface area contributed by atoms with Crippen molar-refractivity contribution >= 4 is 8.38 Å². The van der Waals surface area contributed by atoms with Crippen molar-refractivity contribution in [3.63, 3.8) is 0 Å². The van der Waals surface area contributed by atoms with Crippen molar-refractivity contribution in [2.45, 2.75) is 5.66 Å². The molecule has 0 heterocycles. The molecule has 2 aromatic carbocycles. The highest BCUT2D eigenvalue weighted by Gasteiger charge is 2.21. The van der Waals surface area contributed by atoms with Crippen LogP contribution < -0.4 is 0 Å². The first-order chi connectivity index (χ1) is 7.79. The average molecular weight is 232 g/mol. The summed E-state index contributed by atoms with van der Waals surface area (Å²) >= 11 is 0. The van der Waals surface area contributed by atoms with Gasteiger partial charge in [-0.1, -0.05) is 60.7 Å². The summed E-state index contributed by atoms with van der Waals surface area (Å²) in [6.07, 6.45) is 0. The molecular weight excluding hydrogens is 219 g/mol. The summed E-state index contributed by atoms with van der Waals surface area (Å²) in [7, 11) is -2.02. The summed E-state index contributed by atoms with van der Waals surface area (Å²) in [4.78, 5) is 19.1. The Labute approximate surface area is 96.1 Å². The summed E-state index contributed by atoms with van der Waals surface area (Å²) < 4.78 is 0. The molecule has 0 saturated heterocycles. The van der Waals surface area contributed by atoms with Crippen LogP contribution in [0.2, 0.25) is 0 Å². The Kier molecular flexibility index (Phi) is 3.68. The molecule has 0 atom stereocenters. The third-order valence-electron chi connectivity index (χ3n) is 2.46. The summed E-state index contributed by atoms with van der Waals surface area (Å²) in [5.74, 6) is 0. The average Bonchev–Trinajstić information content (AvgIpc) is 2.31. The second-order valence-corrected chi connectivity index (χ2v) is 4.70. The Hall–Kier alpha value is -1.21. The zero-order chi connectivity index (χ0) is 11.4. The summed E-state index contributed by atoms with van der Waals surface area (Å²) in [6.45, 7) is 0. The van der Waals surface area contributed by atoms with E-state index in [4.69, 9.17) is 0 Å². The van der Waals surface area contributed by atoms with Crippen molar-refractivity contribution in [2.24, 2.45) is 0 Å². The van der Waals surface area contributed by atoms with Crippen LogP contribution in [0.5, 0.6) is 0 Å². The molecule has 2 N–H and O–H groups in total. The lowest BCUT2D eigenvalue weighted by Crippen LogP contribution is -1.98. The van der Waals surface area contributed by atoms with E-state index in [0.29, 0.717) is 0 Å². The Morgan fingerprint density at radius 3 is 1.38 bits per heavy atom. The molecule has 0 fully saturated rings. The summed E-state index contributed by atoms with van der Waals surface area (Å²) in [5.41, 5.74) is 1.55. The minimum Gasteiger partial charge on any atom is -0.349 e. The van der Waals surface area contributed by atoms with Crippen LogP contribution in [0.25, 0.3) is 0 Å². The van der Waals surface area contributed by atoms with Crippen molar-refractivity contribution in [2.75, 3.05) is 0 Å². The highest BCUT2D eigenvalue weighted by Crippen LogP contribution is 2.48. The van der Waals surface area contributed by atoms with Gasteiger partial charge in [0.25, 0.3) is 0 Å². The van der Waals surface area contributed by atoms with Crippen LogP contribution in [0.3, 0.4) is 0 Å². The van der Waals surface area contributed by atoms with E-state index in [1.165, 1.54) is 0 Å². The molecule has 82 valence electrons. The number of hydrogen-bond donors (Lipinski definition) is 2. The third-order valence-corrected chi connectivity index (χ3v) is 3.52. The van der Waals surface area contributed by atoms with Crippen LogP contribution in [0.4, 0.5) is 0 Å². The maximum Gasteiger partial charge on any atom is 0.177 e. The van der Waals surface area contributed by atoms with E-state index in [1.54, 1.807) is 0 Å². The van der Waals surface area contributed by atoms with E-state index in [2.05, 4.69) is 0 Å². The Morgan fingerprint density at radius 2 is 1.06 bits per heavy atom. The molecule has 0 bridgehead atoms. The van der Waals surface area contributed by atoms with Crippen molar-refractivity contribution in [1.29, 1.82) is 0 Å². The second kappa shape index (κ2) is 5.22. The standard InChI is InChI=1S/C13H13O2P/c14-16(15)13(11-7-3-1-4-8-11)12-9-5-2-6-10-12/h1-10,13-15H. The minimum absolute atomic E-state index is 0.322. The molecule has 0 aliphatic rings. The van der Waals surface area contributed by atoms with Gasteiger partial charge < -0.3 is 9.79 Å². The van der Waals surface area contributed by atoms with Crippen LogP contribution >= 0.6 is 8.38 Å². The SMILES string of the molecule is OP(O)C(c1ccccc1)c1ccccc1. The largest absolute Gasteiger partial charge is 0.349 e. The van der Waals surface area contributed by atoms with Crippen molar-refractivity contribution < 1.29 is 9.79 Å². The van der Waals surface area contributed by atoms with Gasteiger partial charge in [0.1, 0.15) is 0 Å². The van der Waals surface area contributed by atoms with Gasteiger partial charge >= 0.3 is 0 Å². The number of hydrogen-bond acceptors (Lipinski definition) is 2. The molecule has 3 heteroatoms. The molecular formula is C13H13O2P. The fourth-order valence-corrected chi connectivity index (χ4v) is 2.61. The predicted octanol–water partition coefficient (Wildman–Crippen LogP) is 3.07. The fourth-order valence-electron chi connectivity index (χ4n) is 1.73. The van der Waals surface area contributed by atoms with Gasteiger partial charge in [-0.15, -0.1) is 0 Å². The summed E-state index contributed by atoms with van der Waals surface area (Å²) in [6, 6.07) is 19.1. The van der Waals surface area contributed by atoms with Crippen LogP contribution in [0, 0.1) is 0 Å². The summed E-state index contributed by atoms with van der Waals surface area (Å²) in [5, 5.41) is 0. The van der Waals surface area contributed by atoms with E-state index in [9.17, 15) is 9.79 Å². The maximum absolute atomic E-state index is 9.54. The van der Waals surface area contributed by atoms with E-state index in [0.717, 1.165) is 11.1 Å². The normalized spacial score (nSPS) is 11.0. The van der Waals surface area contributed by atoms with Gasteiger partial charge in [0, 0.05) is 0 Å². The van der Waals surface area contributed by atoms with Gasteiger partial charge in [0.05, 0.1) is 5.66 Å². The first-order valence-corrected chi connectivity index (χ1v) is 6.37. The highest BCUT2D eigenvalue weighted by molar-refractivity contribution is 7.45. The minimum atomic E-state index is -2.02. The Morgan fingerprint density at radius 1 is 0.688 bits per heavy atom. The van der Waals surface area contributed by atoms with Crippen LogP contribution in [0.15, 0.2) is 60.7 Å². The van der Waals surface area contributed by atoms with Crippen LogP contribution in [-0.4, -0.2) is 9.79 Å². The molecule has 0 radical (unpaired) electrons. The molecule has 0 aromatic heterocycles. The molecule has 2 nitrogen and oxygen atoms in total. The second-order valence-electron chi connectivity index (χ2n) is 3.54. The zero-order valence-electron chi connectivity index (χ0n) is 8.69. The monoisotopic (exact) mass is 232 g/mol. The fraction of sp³-hybridized carbons (Fsp3) is 0.0769. The van der Waals surface area contributed by atoms with Crippen molar-refractivity contribution in [3.05, 3.63) is 71.8 Å². The topological polar surface area (TPSA) is 40.5 Å². The molecule has 0 amide bonds. The van der Waals surface area contributed by atoms with E-state index < -0.39 is 8.38 Å². The van der Waals surface area contributed by atoms with Gasteiger partial charge in [-0.3, -0.25) is 0 Å². The lowest BCUT2D eigenvalue weighted by atomic mass is 10.0. The molecule has 2 aromatic rings. The third kappa shape index (κ3) is 2.48. The molecule has 16 heavy (non-hydrogen) atoms. The van der Waals surface area contributed by atoms with E-state index >= 15 is 0 Å². The Bertz CT molecular complexity index is 389. The van der Waals surface area contributed by atoms with Gasteiger partial charge in [-0.25, -0.2) is 0 Å². The smallest absolute Gasteiger partial charge is 0.177 e. The molecule has 0 aliphatic heterocycles. The molecule has 0 saturated carbocycles. The van der Waals surface area contributed by atoms with Crippen LogP contribution in [-0.2, 0) is 0 Å². The lowest BCUT2D eigenvalue weighted by Gasteiger charge is -2.18. The van der Waals surface area contributed by atoms with Crippen molar-refractivity contribution in [3.8, 4) is 0 Å². The van der Waals surface area contributed by atoms with Gasteiger partial charge in [-0.2, -0.15) is 0 Å². The Balaban J connectivity index is 2.40. The first-order valence-electron chi connectivity index (χ1n) is 5.06. The van der Waals surface area contributed by atoms with Gasteiger partial charge in [-0.05, 0) is 11.1 Å². The molecule has 2 rings (SSSR count). The number of benzene rings is 2. The lowest BCUT2D eigenvalue weighted by molar-refractivity contribution is 0.473. The van der Waals surface area contributed by atoms with Crippen LogP contribution in [0.1, 0.15) is 16.8 Å². The van der Waals surface area contributed by atoms with Crippen molar-refractivity contribution in [1.82, 2.24) is 0 Å². The highest BCUT2D eigenvalue weighted by atomic mass is 31.2. The molecule has 0 unspecified atom stereocenters. The molecule has 0 aliphatic carbocycles. The van der Waals surface area contributed by atoms with E-state index in [1.807, 2.05) is 60.7 Å². The predicted molar refractivity (Wildman–Crippen MR) is 66.1 cm³/mol. The van der Waals surface area contributed by atoms with E-state index in [-0.39, 0.29) is 5.66 Å². The molecule has 0 spiro atoms. The van der Waals surface area contributed by atoms with Gasteiger partial charge in [0.2, 0.25) is 0 Å². The van der Waals surface area contributed by atoms with Gasteiger partial charge in [0.15, 0.2) is 8.38 Å². The first kappa shape index (κ1) is 11.3. The number of rotatable bonds is 3. The quantitative estimate of drug-likeness (QED) is 0.798.